The van der Waals surface area contributed by atoms with Crippen LogP contribution in [0.4, 0.5) is 0 Å². The lowest BCUT2D eigenvalue weighted by Crippen LogP contribution is -2.28. The number of hydrogen-bond acceptors (Lipinski definition) is 3. The fourth-order valence-electron chi connectivity index (χ4n) is 0.884. The number of aliphatic hydroxyl groups is 1. The molecule has 0 aliphatic carbocycles. The van der Waals surface area contributed by atoms with Crippen molar-refractivity contribution < 1.29 is 15.0 Å². The molecule has 0 heterocycles. The normalized spacial score (nSPS) is 12.8. The van der Waals surface area contributed by atoms with Crippen LogP contribution >= 0.6 is 0 Å². The Morgan fingerprint density at radius 1 is 1.58 bits per heavy atom. The summed E-state index contributed by atoms with van der Waals surface area (Å²) in [7, 11) is 0. The van der Waals surface area contributed by atoms with Crippen LogP contribution in [0.25, 0.3) is 0 Å². The van der Waals surface area contributed by atoms with Crippen molar-refractivity contribution in [1.82, 2.24) is 5.32 Å². The van der Waals surface area contributed by atoms with Crippen LogP contribution in [0.3, 0.4) is 0 Å². The molecule has 0 rings (SSSR count). The Balaban J connectivity index is 3.13. The quantitative estimate of drug-likeness (QED) is 0.484. The summed E-state index contributed by atoms with van der Waals surface area (Å²) in [4.78, 5) is 10.1. The van der Waals surface area contributed by atoms with Crippen molar-refractivity contribution in [2.24, 2.45) is 0 Å². The molecule has 0 bridgehead atoms. The largest absolute Gasteiger partial charge is 0.481 e. The summed E-state index contributed by atoms with van der Waals surface area (Å²) in [6, 6.07) is 0.267. The first kappa shape index (κ1) is 11.4. The number of carboxylic acids is 1. The molecular formula is C8H17NO3. The first-order valence-corrected chi connectivity index (χ1v) is 4.23. The summed E-state index contributed by atoms with van der Waals surface area (Å²) in [5, 5.41) is 20.0. The number of hydrogen-bond donors (Lipinski definition) is 3. The molecule has 0 amide bonds. The fourth-order valence-corrected chi connectivity index (χ4v) is 0.884. The fraction of sp³-hybridized carbons (Fsp3) is 0.875. The van der Waals surface area contributed by atoms with Crippen LogP contribution in [-0.2, 0) is 4.79 Å². The maximum absolute atomic E-state index is 10.1. The van der Waals surface area contributed by atoms with Gasteiger partial charge in [-0.25, -0.2) is 0 Å². The average Bonchev–Trinajstić information content (AvgIpc) is 1.98. The average molecular weight is 175 g/mol. The van der Waals surface area contributed by atoms with E-state index in [-0.39, 0.29) is 19.1 Å². The number of aliphatic carboxylic acids is 1. The zero-order valence-corrected chi connectivity index (χ0v) is 7.42. The molecule has 0 fully saturated rings. The minimum absolute atomic E-state index is 0.174. The van der Waals surface area contributed by atoms with Gasteiger partial charge in [0.1, 0.15) is 0 Å². The highest BCUT2D eigenvalue weighted by Gasteiger charge is 2.00. The zero-order valence-electron chi connectivity index (χ0n) is 7.42. The molecule has 12 heavy (non-hydrogen) atoms. The van der Waals surface area contributed by atoms with E-state index in [4.69, 9.17) is 10.2 Å². The minimum Gasteiger partial charge on any atom is -0.481 e. The second-order valence-electron chi connectivity index (χ2n) is 2.86. The van der Waals surface area contributed by atoms with Gasteiger partial charge in [-0.15, -0.1) is 0 Å². The number of carboxylic acid groups (broad SMARTS) is 1. The third-order valence-electron chi connectivity index (χ3n) is 1.62. The van der Waals surface area contributed by atoms with Crippen LogP contribution in [0.15, 0.2) is 0 Å². The second-order valence-corrected chi connectivity index (χ2v) is 2.86. The molecule has 0 aromatic carbocycles. The standard InChI is InChI=1S/C8H17NO3/c1-7(4-6-10)9-5-2-3-8(11)12/h7,9-10H,2-6H2,1H3,(H,11,12). The lowest BCUT2D eigenvalue weighted by atomic mass is 10.2. The topological polar surface area (TPSA) is 69.6 Å². The van der Waals surface area contributed by atoms with E-state index < -0.39 is 5.97 Å². The molecule has 0 aromatic rings. The van der Waals surface area contributed by atoms with Crippen molar-refractivity contribution >= 4 is 5.97 Å². The van der Waals surface area contributed by atoms with Crippen LogP contribution in [0.1, 0.15) is 26.2 Å². The SMILES string of the molecule is CC(CCO)NCCCC(=O)O. The molecule has 0 aliphatic rings. The van der Waals surface area contributed by atoms with Crippen molar-refractivity contribution in [1.29, 1.82) is 0 Å². The Hall–Kier alpha value is -0.610. The Morgan fingerprint density at radius 2 is 2.25 bits per heavy atom. The number of nitrogens with one attached hydrogen (secondary N) is 1. The molecule has 1 unspecified atom stereocenters. The molecule has 3 N–H and O–H groups in total. The van der Waals surface area contributed by atoms with Crippen molar-refractivity contribution in [3.8, 4) is 0 Å². The molecule has 4 nitrogen and oxygen atoms in total. The summed E-state index contributed by atoms with van der Waals surface area (Å²) >= 11 is 0. The number of carbonyl (C=O) groups is 1. The Kier molecular flexibility index (Phi) is 6.70. The predicted molar refractivity (Wildman–Crippen MR) is 46.0 cm³/mol. The smallest absolute Gasteiger partial charge is 0.303 e. The molecule has 0 spiro atoms. The molecule has 0 saturated heterocycles. The van der Waals surface area contributed by atoms with E-state index >= 15 is 0 Å². The van der Waals surface area contributed by atoms with Crippen LogP contribution in [0.5, 0.6) is 0 Å². The number of aliphatic hydroxyl groups excluding tert-OH is 1. The van der Waals surface area contributed by atoms with Crippen LogP contribution in [0, 0.1) is 0 Å². The Bertz CT molecular complexity index is 127. The highest BCUT2D eigenvalue weighted by Crippen LogP contribution is 1.91. The van der Waals surface area contributed by atoms with Crippen LogP contribution in [-0.4, -0.2) is 35.4 Å². The summed E-state index contributed by atoms with van der Waals surface area (Å²) in [5.74, 6) is -0.758. The molecule has 1 atom stereocenters. The first-order valence-electron chi connectivity index (χ1n) is 4.23. The van der Waals surface area contributed by atoms with E-state index in [1.54, 1.807) is 0 Å². The Labute approximate surface area is 72.6 Å². The molecule has 0 radical (unpaired) electrons. The maximum Gasteiger partial charge on any atom is 0.303 e. The van der Waals surface area contributed by atoms with Crippen LogP contribution in [0.2, 0.25) is 0 Å². The van der Waals surface area contributed by atoms with Gasteiger partial charge in [-0.3, -0.25) is 4.79 Å². The van der Waals surface area contributed by atoms with Gasteiger partial charge < -0.3 is 15.5 Å². The van der Waals surface area contributed by atoms with Crippen molar-refractivity contribution in [3.63, 3.8) is 0 Å². The van der Waals surface area contributed by atoms with Crippen molar-refractivity contribution in [3.05, 3.63) is 0 Å². The van der Waals surface area contributed by atoms with Crippen molar-refractivity contribution in [2.45, 2.75) is 32.2 Å². The zero-order chi connectivity index (χ0) is 9.40. The van der Waals surface area contributed by atoms with Crippen molar-refractivity contribution in [2.75, 3.05) is 13.2 Å². The highest BCUT2D eigenvalue weighted by molar-refractivity contribution is 5.66. The van der Waals surface area contributed by atoms with Gasteiger partial charge in [0.15, 0.2) is 0 Å². The van der Waals surface area contributed by atoms with Gasteiger partial charge in [-0.1, -0.05) is 0 Å². The van der Waals surface area contributed by atoms with E-state index in [1.807, 2.05) is 6.92 Å². The molecule has 4 heteroatoms. The Morgan fingerprint density at radius 3 is 2.75 bits per heavy atom. The monoisotopic (exact) mass is 175 g/mol. The third-order valence-corrected chi connectivity index (χ3v) is 1.62. The molecule has 0 saturated carbocycles. The lowest BCUT2D eigenvalue weighted by molar-refractivity contribution is -0.137. The number of rotatable bonds is 7. The third kappa shape index (κ3) is 7.50. The first-order chi connectivity index (χ1) is 5.66. The van der Waals surface area contributed by atoms with E-state index in [2.05, 4.69) is 5.32 Å². The highest BCUT2D eigenvalue weighted by atomic mass is 16.4. The van der Waals surface area contributed by atoms with E-state index in [1.165, 1.54) is 0 Å². The lowest BCUT2D eigenvalue weighted by Gasteiger charge is -2.10. The summed E-state index contributed by atoms with van der Waals surface area (Å²) in [6.07, 6.45) is 1.57. The minimum atomic E-state index is -0.758. The van der Waals surface area contributed by atoms with Crippen LogP contribution < -0.4 is 5.32 Å². The molecular weight excluding hydrogens is 158 g/mol. The van der Waals surface area contributed by atoms with E-state index in [0.29, 0.717) is 19.4 Å². The van der Waals surface area contributed by atoms with Gasteiger partial charge in [0, 0.05) is 19.1 Å². The van der Waals surface area contributed by atoms with Gasteiger partial charge in [0.25, 0.3) is 0 Å². The summed E-state index contributed by atoms with van der Waals surface area (Å²) < 4.78 is 0. The maximum atomic E-state index is 10.1. The van der Waals surface area contributed by atoms with Gasteiger partial charge in [0.2, 0.25) is 0 Å². The summed E-state index contributed by atoms with van der Waals surface area (Å²) in [6.45, 7) is 2.84. The molecule has 0 aliphatic heterocycles. The predicted octanol–water partition coefficient (Wildman–Crippen LogP) is 0.212. The van der Waals surface area contributed by atoms with E-state index in [0.717, 1.165) is 0 Å². The van der Waals surface area contributed by atoms with Gasteiger partial charge >= 0.3 is 5.97 Å². The van der Waals surface area contributed by atoms with Gasteiger partial charge in [0.05, 0.1) is 0 Å². The second kappa shape index (κ2) is 7.06. The van der Waals surface area contributed by atoms with Gasteiger partial charge in [-0.05, 0) is 26.3 Å². The molecule has 72 valence electrons. The summed E-state index contributed by atoms with van der Waals surface area (Å²) in [5.41, 5.74) is 0. The van der Waals surface area contributed by atoms with E-state index in [9.17, 15) is 4.79 Å². The molecule has 0 aromatic heterocycles. The van der Waals surface area contributed by atoms with Gasteiger partial charge in [-0.2, -0.15) is 0 Å².